The van der Waals surface area contributed by atoms with Gasteiger partial charge in [-0.25, -0.2) is 15.0 Å². The van der Waals surface area contributed by atoms with Crippen LogP contribution in [0.4, 0.5) is 16.8 Å². The van der Waals surface area contributed by atoms with Crippen molar-refractivity contribution in [3.8, 4) is 16.6 Å². The van der Waals surface area contributed by atoms with Crippen molar-refractivity contribution < 1.29 is 4.79 Å². The molecule has 9 nitrogen and oxygen atoms in total. The number of nitriles is 1. The fraction of sp³-hybridized carbons (Fsp3) is 0.286. The number of piperazine rings is 1. The van der Waals surface area contributed by atoms with Gasteiger partial charge in [-0.2, -0.15) is 5.26 Å². The molecule has 10 heteroatoms. The molecule has 0 spiro atoms. The van der Waals surface area contributed by atoms with Crippen molar-refractivity contribution in [2.45, 2.75) is 6.92 Å². The summed E-state index contributed by atoms with van der Waals surface area (Å²) in [4.78, 5) is 28.7. The van der Waals surface area contributed by atoms with E-state index in [1.54, 1.807) is 19.2 Å². The summed E-state index contributed by atoms with van der Waals surface area (Å²) in [6, 6.07) is 9.43. The fourth-order valence-electron chi connectivity index (χ4n) is 3.33. The molecule has 1 aromatic carbocycles. The summed E-state index contributed by atoms with van der Waals surface area (Å²) in [6.07, 6.45) is 1.50. The number of thiazole rings is 1. The number of amides is 1. The quantitative estimate of drug-likeness (QED) is 0.561. The summed E-state index contributed by atoms with van der Waals surface area (Å²) in [5, 5.41) is 19.7. The molecule has 0 radical (unpaired) electrons. The Morgan fingerprint density at radius 3 is 2.81 bits per heavy atom. The number of hydrogen-bond donors (Lipinski definition) is 3. The summed E-state index contributed by atoms with van der Waals surface area (Å²) in [5.41, 5.74) is 3.01. The second-order valence-electron chi connectivity index (χ2n) is 7.00. The minimum absolute atomic E-state index is 0.00599. The molecule has 0 aliphatic carbocycles. The minimum atomic E-state index is 0.00599. The number of carbonyl (C=O) groups excluding carboxylic acids is 1. The first-order valence-electron chi connectivity index (χ1n) is 9.89. The van der Waals surface area contributed by atoms with Crippen LogP contribution in [0.1, 0.15) is 21.6 Å². The predicted molar refractivity (Wildman–Crippen MR) is 121 cm³/mol. The maximum atomic E-state index is 12.8. The topological polar surface area (TPSA) is 119 Å². The molecule has 3 N–H and O–H groups in total. The molecule has 3 heterocycles. The van der Waals surface area contributed by atoms with E-state index in [0.717, 1.165) is 28.8 Å². The molecule has 0 saturated carbocycles. The van der Waals surface area contributed by atoms with Crippen LogP contribution >= 0.6 is 11.3 Å². The van der Waals surface area contributed by atoms with Gasteiger partial charge in [0, 0.05) is 44.5 Å². The molecule has 1 saturated heterocycles. The van der Waals surface area contributed by atoms with Crippen LogP contribution in [0.2, 0.25) is 0 Å². The highest BCUT2D eigenvalue weighted by Crippen LogP contribution is 2.33. The molecular formula is C21H22N8OS. The van der Waals surface area contributed by atoms with E-state index in [2.05, 4.69) is 37.0 Å². The first kappa shape index (κ1) is 20.7. The third-order valence-electron chi connectivity index (χ3n) is 4.90. The first-order valence-corrected chi connectivity index (χ1v) is 10.7. The second-order valence-corrected chi connectivity index (χ2v) is 8.00. The van der Waals surface area contributed by atoms with Gasteiger partial charge in [0.15, 0.2) is 5.13 Å². The Balaban J connectivity index is 1.60. The number of nitrogens with one attached hydrogen (secondary N) is 3. The maximum absolute atomic E-state index is 12.8. The molecular weight excluding hydrogens is 412 g/mol. The van der Waals surface area contributed by atoms with Crippen LogP contribution in [-0.4, -0.2) is 59.0 Å². The first-order chi connectivity index (χ1) is 15.1. The second kappa shape index (κ2) is 9.07. The number of aryl methyl sites for hydroxylation is 1. The molecule has 1 fully saturated rings. The zero-order chi connectivity index (χ0) is 21.8. The van der Waals surface area contributed by atoms with Crippen LogP contribution in [0.15, 0.2) is 30.5 Å². The van der Waals surface area contributed by atoms with Crippen LogP contribution in [0, 0.1) is 18.3 Å². The van der Waals surface area contributed by atoms with Crippen LogP contribution in [0.25, 0.3) is 10.6 Å². The van der Waals surface area contributed by atoms with E-state index in [1.165, 1.54) is 17.5 Å². The van der Waals surface area contributed by atoms with Crippen molar-refractivity contribution in [1.82, 2.24) is 25.2 Å². The largest absolute Gasteiger partial charge is 0.365 e. The molecule has 1 aliphatic heterocycles. The van der Waals surface area contributed by atoms with Crippen LogP contribution in [-0.2, 0) is 0 Å². The zero-order valence-electron chi connectivity index (χ0n) is 17.3. The van der Waals surface area contributed by atoms with Crippen molar-refractivity contribution in [2.24, 2.45) is 0 Å². The standard InChI is InChI=1S/C21H22N8OS/c1-13-18(31-21(23-2)26-13)17-15(11-22)12-25-20(28-17)27-16-5-3-4-14(10-16)19(30)29-8-6-24-7-9-29/h3-5,10,12,24H,6-9H2,1-2H3,(H,23,26)(H,25,27,28). The highest BCUT2D eigenvalue weighted by atomic mass is 32.1. The van der Waals surface area contributed by atoms with Crippen molar-refractivity contribution in [2.75, 3.05) is 43.9 Å². The van der Waals surface area contributed by atoms with Gasteiger partial charge in [-0.05, 0) is 25.1 Å². The van der Waals surface area contributed by atoms with E-state index in [4.69, 9.17) is 0 Å². The molecule has 4 rings (SSSR count). The van der Waals surface area contributed by atoms with Crippen molar-refractivity contribution >= 4 is 34.0 Å². The Morgan fingerprint density at radius 2 is 2.10 bits per heavy atom. The monoisotopic (exact) mass is 434 g/mol. The molecule has 158 valence electrons. The van der Waals surface area contributed by atoms with E-state index in [1.807, 2.05) is 24.0 Å². The van der Waals surface area contributed by atoms with Crippen molar-refractivity contribution in [3.63, 3.8) is 0 Å². The summed E-state index contributed by atoms with van der Waals surface area (Å²) >= 11 is 1.43. The molecule has 1 aliphatic rings. The van der Waals surface area contributed by atoms with Crippen LogP contribution < -0.4 is 16.0 Å². The number of benzene rings is 1. The molecule has 0 bridgehead atoms. The Labute approximate surface area is 184 Å². The van der Waals surface area contributed by atoms with E-state index in [0.29, 0.717) is 41.5 Å². The van der Waals surface area contributed by atoms with E-state index in [9.17, 15) is 10.1 Å². The average Bonchev–Trinajstić information content (AvgIpc) is 3.20. The van der Waals surface area contributed by atoms with Crippen molar-refractivity contribution in [3.05, 3.63) is 47.3 Å². The van der Waals surface area contributed by atoms with E-state index >= 15 is 0 Å². The van der Waals surface area contributed by atoms with E-state index < -0.39 is 0 Å². The number of nitrogens with zero attached hydrogens (tertiary/aromatic N) is 5. The molecule has 0 atom stereocenters. The molecule has 0 unspecified atom stereocenters. The van der Waals surface area contributed by atoms with Gasteiger partial charge in [0.25, 0.3) is 5.91 Å². The van der Waals surface area contributed by atoms with Crippen LogP contribution in [0.3, 0.4) is 0 Å². The summed E-state index contributed by atoms with van der Waals surface area (Å²) < 4.78 is 0. The minimum Gasteiger partial charge on any atom is -0.365 e. The maximum Gasteiger partial charge on any atom is 0.254 e. The Bertz CT molecular complexity index is 1150. The number of hydrogen-bond acceptors (Lipinski definition) is 9. The van der Waals surface area contributed by atoms with Gasteiger partial charge in [0.1, 0.15) is 11.8 Å². The molecule has 2 aromatic heterocycles. The Hall–Kier alpha value is -3.55. The summed E-state index contributed by atoms with van der Waals surface area (Å²) in [5.74, 6) is 0.353. The lowest BCUT2D eigenvalue weighted by Gasteiger charge is -2.27. The third kappa shape index (κ3) is 4.47. The lowest BCUT2D eigenvalue weighted by atomic mass is 10.1. The normalized spacial score (nSPS) is 13.5. The third-order valence-corrected chi connectivity index (χ3v) is 6.09. The SMILES string of the molecule is CNc1nc(C)c(-c2nc(Nc3cccc(C(=O)N4CCNCC4)c3)ncc2C#N)s1. The average molecular weight is 435 g/mol. The van der Waals surface area contributed by atoms with Crippen molar-refractivity contribution in [1.29, 1.82) is 5.26 Å². The number of carbonyl (C=O) groups is 1. The zero-order valence-corrected chi connectivity index (χ0v) is 18.1. The lowest BCUT2D eigenvalue weighted by Crippen LogP contribution is -2.46. The number of anilines is 3. The predicted octanol–water partition coefficient (Wildman–Crippen LogP) is 2.61. The van der Waals surface area contributed by atoms with Gasteiger partial charge in [-0.1, -0.05) is 17.4 Å². The Kier molecular flexibility index (Phi) is 6.06. The highest BCUT2D eigenvalue weighted by molar-refractivity contribution is 7.19. The lowest BCUT2D eigenvalue weighted by molar-refractivity contribution is 0.0736. The van der Waals surface area contributed by atoms with E-state index in [-0.39, 0.29) is 5.91 Å². The number of aromatic nitrogens is 3. The van der Waals surface area contributed by atoms with Gasteiger partial charge in [0.05, 0.1) is 22.3 Å². The smallest absolute Gasteiger partial charge is 0.254 e. The fourth-order valence-corrected chi connectivity index (χ4v) is 4.25. The Morgan fingerprint density at radius 1 is 1.29 bits per heavy atom. The molecule has 31 heavy (non-hydrogen) atoms. The summed E-state index contributed by atoms with van der Waals surface area (Å²) in [6.45, 7) is 4.88. The van der Waals surface area contributed by atoms with Gasteiger partial charge in [-0.3, -0.25) is 4.79 Å². The summed E-state index contributed by atoms with van der Waals surface area (Å²) in [7, 11) is 1.80. The highest BCUT2D eigenvalue weighted by Gasteiger charge is 2.19. The van der Waals surface area contributed by atoms with Gasteiger partial charge in [-0.15, -0.1) is 0 Å². The van der Waals surface area contributed by atoms with Gasteiger partial charge in [0.2, 0.25) is 5.95 Å². The van der Waals surface area contributed by atoms with Gasteiger partial charge < -0.3 is 20.9 Å². The molecule has 1 amide bonds. The van der Waals surface area contributed by atoms with Gasteiger partial charge >= 0.3 is 0 Å². The molecule has 3 aromatic rings. The van der Waals surface area contributed by atoms with Crippen LogP contribution in [0.5, 0.6) is 0 Å². The number of rotatable bonds is 5.